The summed E-state index contributed by atoms with van der Waals surface area (Å²) in [5, 5.41) is 3.55. The lowest BCUT2D eigenvalue weighted by Crippen LogP contribution is -2.09. The van der Waals surface area contributed by atoms with E-state index < -0.39 is 0 Å². The number of ether oxygens (including phenoxy) is 1. The van der Waals surface area contributed by atoms with Gasteiger partial charge in [-0.15, -0.1) is 0 Å². The van der Waals surface area contributed by atoms with Gasteiger partial charge in [0.1, 0.15) is 12.6 Å². The molecule has 1 heterocycles. The lowest BCUT2D eigenvalue weighted by atomic mass is 10.1. The molecule has 1 N–H and O–H groups in total. The van der Waals surface area contributed by atoms with Crippen molar-refractivity contribution < 1.29 is 4.74 Å². The Morgan fingerprint density at radius 2 is 1.44 bits per heavy atom. The highest BCUT2D eigenvalue weighted by molar-refractivity contribution is 6.03. The van der Waals surface area contributed by atoms with Gasteiger partial charge in [-0.25, -0.2) is 4.99 Å². The summed E-state index contributed by atoms with van der Waals surface area (Å²) in [6, 6.07) is 30.8. The molecule has 3 aromatic rings. The molecule has 0 aromatic heterocycles. The van der Waals surface area contributed by atoms with Crippen LogP contribution in [-0.2, 0) is 4.74 Å². The fraction of sp³-hybridized carbons (Fsp3) is 0.125. The predicted octanol–water partition coefficient (Wildman–Crippen LogP) is 5.70. The molecular formula is C24H22N2O. The Balaban J connectivity index is 1.70. The molecule has 1 unspecified atom stereocenters. The Morgan fingerprint density at radius 1 is 0.852 bits per heavy atom. The van der Waals surface area contributed by atoms with Crippen molar-refractivity contribution in [2.45, 2.75) is 13.0 Å². The Kier molecular flexibility index (Phi) is 5.01. The minimum absolute atomic E-state index is 0.0462. The van der Waals surface area contributed by atoms with Crippen LogP contribution in [0.2, 0.25) is 0 Å². The van der Waals surface area contributed by atoms with Gasteiger partial charge in [-0.2, -0.15) is 0 Å². The van der Waals surface area contributed by atoms with E-state index in [2.05, 4.69) is 48.6 Å². The third kappa shape index (κ3) is 3.93. The number of hydrogen-bond donors (Lipinski definition) is 1. The standard InChI is InChI=1S/C24H22N2O/c1-18(24-26-22(17-27-24)19-11-5-2-6-12-19)23(20-13-7-3-8-14-20)25-21-15-9-4-10-16-21/h2-16,22,25H,17H2,1H3. The summed E-state index contributed by atoms with van der Waals surface area (Å²) in [4.78, 5) is 4.84. The molecule has 1 atom stereocenters. The highest BCUT2D eigenvalue weighted by Gasteiger charge is 2.23. The molecule has 0 saturated carbocycles. The van der Waals surface area contributed by atoms with Gasteiger partial charge in [-0.1, -0.05) is 78.9 Å². The molecule has 0 amide bonds. The minimum atomic E-state index is 0.0462. The van der Waals surface area contributed by atoms with Crippen molar-refractivity contribution in [1.29, 1.82) is 0 Å². The van der Waals surface area contributed by atoms with E-state index in [4.69, 9.17) is 9.73 Å². The third-order valence-electron chi connectivity index (χ3n) is 4.64. The lowest BCUT2D eigenvalue weighted by molar-refractivity contribution is 0.319. The smallest absolute Gasteiger partial charge is 0.214 e. The van der Waals surface area contributed by atoms with Crippen LogP contribution in [0.4, 0.5) is 5.69 Å². The molecule has 0 bridgehead atoms. The predicted molar refractivity (Wildman–Crippen MR) is 112 cm³/mol. The highest BCUT2D eigenvalue weighted by Crippen LogP contribution is 2.28. The number of rotatable bonds is 5. The van der Waals surface area contributed by atoms with Gasteiger partial charge in [0.2, 0.25) is 5.90 Å². The molecule has 0 aliphatic carbocycles. The van der Waals surface area contributed by atoms with Gasteiger partial charge in [0.25, 0.3) is 0 Å². The topological polar surface area (TPSA) is 33.6 Å². The third-order valence-corrected chi connectivity index (χ3v) is 4.64. The molecule has 3 nitrogen and oxygen atoms in total. The van der Waals surface area contributed by atoms with E-state index in [1.165, 1.54) is 5.56 Å². The molecule has 3 heteroatoms. The van der Waals surface area contributed by atoms with Gasteiger partial charge in [-0.05, 0) is 30.2 Å². The Morgan fingerprint density at radius 3 is 2.11 bits per heavy atom. The fourth-order valence-corrected chi connectivity index (χ4v) is 3.18. The quantitative estimate of drug-likeness (QED) is 0.637. The summed E-state index contributed by atoms with van der Waals surface area (Å²) in [7, 11) is 0. The summed E-state index contributed by atoms with van der Waals surface area (Å²) in [5.74, 6) is 0.700. The SMILES string of the molecule is CC(C1=NC(c2ccccc2)CO1)=C(Nc1ccccc1)c1ccccc1. The second-order valence-electron chi connectivity index (χ2n) is 6.53. The lowest BCUT2D eigenvalue weighted by Gasteiger charge is -2.15. The summed E-state index contributed by atoms with van der Waals surface area (Å²) in [5.41, 5.74) is 5.33. The van der Waals surface area contributed by atoms with Crippen LogP contribution in [0, 0.1) is 0 Å². The van der Waals surface area contributed by atoms with Crippen LogP contribution in [0.25, 0.3) is 5.70 Å². The maximum atomic E-state index is 5.97. The number of nitrogens with one attached hydrogen (secondary N) is 1. The molecule has 0 radical (unpaired) electrons. The van der Waals surface area contributed by atoms with Crippen molar-refractivity contribution in [2.24, 2.45) is 4.99 Å². The van der Waals surface area contributed by atoms with E-state index >= 15 is 0 Å². The van der Waals surface area contributed by atoms with Crippen LogP contribution in [0.3, 0.4) is 0 Å². The maximum absolute atomic E-state index is 5.97. The van der Waals surface area contributed by atoms with Crippen molar-refractivity contribution in [3.05, 3.63) is 108 Å². The molecule has 134 valence electrons. The average Bonchev–Trinajstić information content (AvgIpc) is 3.24. The van der Waals surface area contributed by atoms with E-state index in [-0.39, 0.29) is 6.04 Å². The second-order valence-corrected chi connectivity index (χ2v) is 6.53. The first-order chi connectivity index (χ1) is 13.3. The Hall–Kier alpha value is -3.33. The summed E-state index contributed by atoms with van der Waals surface area (Å²) in [6.07, 6.45) is 0. The number of nitrogens with zero attached hydrogens (tertiary/aromatic N) is 1. The first-order valence-electron chi connectivity index (χ1n) is 9.15. The van der Waals surface area contributed by atoms with Crippen molar-refractivity contribution in [3.8, 4) is 0 Å². The first kappa shape index (κ1) is 17.1. The number of benzene rings is 3. The van der Waals surface area contributed by atoms with Crippen LogP contribution < -0.4 is 5.32 Å². The minimum Gasteiger partial charge on any atom is -0.475 e. The van der Waals surface area contributed by atoms with Crippen LogP contribution in [0.15, 0.2) is 102 Å². The highest BCUT2D eigenvalue weighted by atomic mass is 16.5. The van der Waals surface area contributed by atoms with Crippen molar-refractivity contribution >= 4 is 17.3 Å². The van der Waals surface area contributed by atoms with Crippen LogP contribution in [0.5, 0.6) is 0 Å². The zero-order chi connectivity index (χ0) is 18.5. The van der Waals surface area contributed by atoms with E-state index in [1.807, 2.05) is 54.6 Å². The zero-order valence-electron chi connectivity index (χ0n) is 15.3. The molecule has 3 aromatic carbocycles. The second kappa shape index (κ2) is 7.92. The van der Waals surface area contributed by atoms with E-state index in [0.29, 0.717) is 12.5 Å². The molecule has 0 fully saturated rings. The van der Waals surface area contributed by atoms with Gasteiger partial charge in [0, 0.05) is 11.3 Å². The van der Waals surface area contributed by atoms with Crippen LogP contribution in [0.1, 0.15) is 24.1 Å². The van der Waals surface area contributed by atoms with Gasteiger partial charge in [0.05, 0.1) is 5.70 Å². The van der Waals surface area contributed by atoms with Crippen molar-refractivity contribution in [3.63, 3.8) is 0 Å². The molecule has 4 rings (SSSR count). The molecule has 0 saturated heterocycles. The normalized spacial score (nSPS) is 16.9. The van der Waals surface area contributed by atoms with Crippen LogP contribution in [-0.4, -0.2) is 12.5 Å². The maximum Gasteiger partial charge on any atom is 0.214 e. The number of aliphatic imine (C=N–C) groups is 1. The van der Waals surface area contributed by atoms with Gasteiger partial charge < -0.3 is 10.1 Å². The molecule has 27 heavy (non-hydrogen) atoms. The summed E-state index contributed by atoms with van der Waals surface area (Å²) >= 11 is 0. The van der Waals surface area contributed by atoms with Gasteiger partial charge >= 0.3 is 0 Å². The monoisotopic (exact) mass is 354 g/mol. The van der Waals surface area contributed by atoms with Gasteiger partial charge in [0.15, 0.2) is 0 Å². The van der Waals surface area contributed by atoms with Crippen molar-refractivity contribution in [2.75, 3.05) is 11.9 Å². The Bertz CT molecular complexity index is 947. The van der Waals surface area contributed by atoms with Gasteiger partial charge in [-0.3, -0.25) is 0 Å². The number of anilines is 1. The van der Waals surface area contributed by atoms with Crippen LogP contribution >= 0.6 is 0 Å². The largest absolute Gasteiger partial charge is 0.475 e. The Labute approximate surface area is 160 Å². The number of hydrogen-bond acceptors (Lipinski definition) is 3. The summed E-state index contributed by atoms with van der Waals surface area (Å²) in [6.45, 7) is 2.63. The molecule has 1 aliphatic heterocycles. The summed E-state index contributed by atoms with van der Waals surface area (Å²) < 4.78 is 5.97. The van der Waals surface area contributed by atoms with E-state index in [9.17, 15) is 0 Å². The molecule has 0 spiro atoms. The van der Waals surface area contributed by atoms with E-state index in [0.717, 1.165) is 22.5 Å². The molecule has 1 aliphatic rings. The van der Waals surface area contributed by atoms with Crippen molar-refractivity contribution in [1.82, 2.24) is 0 Å². The first-order valence-corrected chi connectivity index (χ1v) is 9.15. The van der Waals surface area contributed by atoms with E-state index in [1.54, 1.807) is 0 Å². The number of para-hydroxylation sites is 1. The average molecular weight is 354 g/mol. The fourth-order valence-electron chi connectivity index (χ4n) is 3.18. The molecular weight excluding hydrogens is 332 g/mol. The zero-order valence-corrected chi connectivity index (χ0v) is 15.3.